The van der Waals surface area contributed by atoms with Crippen molar-refractivity contribution in [1.82, 2.24) is 9.78 Å². The first kappa shape index (κ1) is 17.7. The summed E-state index contributed by atoms with van der Waals surface area (Å²) in [7, 11) is 3.58. The van der Waals surface area contributed by atoms with Crippen LogP contribution in [0.3, 0.4) is 0 Å². The van der Waals surface area contributed by atoms with Crippen LogP contribution >= 0.6 is 0 Å². The van der Waals surface area contributed by atoms with Crippen LogP contribution in [0.2, 0.25) is 0 Å². The molecule has 1 aromatic heterocycles. The summed E-state index contributed by atoms with van der Waals surface area (Å²) >= 11 is 0. The number of rotatable bonds is 3. The second kappa shape index (κ2) is 6.59. The van der Waals surface area contributed by atoms with Crippen LogP contribution in [-0.2, 0) is 7.05 Å². The second-order valence-corrected chi connectivity index (χ2v) is 7.50. The average molecular weight is 389 g/mol. The van der Waals surface area contributed by atoms with Crippen molar-refractivity contribution in [3.63, 3.8) is 0 Å². The maximum absolute atomic E-state index is 6.39. The van der Waals surface area contributed by atoms with E-state index in [4.69, 9.17) is 16.2 Å². The highest BCUT2D eigenvalue weighted by molar-refractivity contribution is 6.11. The Labute approximate surface area is 168 Å². The number of fused-ring (bicyclic) bond motifs is 2. The normalized spacial score (nSPS) is 23.3. The standard InChI is InChI=1S/C21H23N7O/c1-28-16-8-11(6-7-12(16)10-24-28)14-9-15(14)19(22)26-20-13-4-3-5-17(29-2)18(13)25-21(23)27-20/h3-8,10,14-15,21,25H,9,23H2,1-2H3,(H2,22,26,27). The maximum Gasteiger partial charge on any atom is 0.173 e. The number of aromatic nitrogens is 2. The van der Waals surface area contributed by atoms with Gasteiger partial charge in [-0.2, -0.15) is 5.10 Å². The van der Waals surface area contributed by atoms with Crippen molar-refractivity contribution in [2.24, 2.45) is 34.4 Å². The average Bonchev–Trinajstić information content (AvgIpc) is 3.45. The van der Waals surface area contributed by atoms with Crippen LogP contribution in [0.5, 0.6) is 5.75 Å². The number of nitrogens with two attached hydrogens (primary N) is 2. The number of aryl methyl sites for hydroxylation is 1. The highest BCUT2D eigenvalue weighted by atomic mass is 16.5. The van der Waals surface area contributed by atoms with Crippen LogP contribution in [-0.4, -0.2) is 34.9 Å². The van der Waals surface area contributed by atoms with Crippen molar-refractivity contribution in [3.8, 4) is 5.75 Å². The topological polar surface area (TPSA) is 116 Å². The molecule has 2 heterocycles. The quantitative estimate of drug-likeness (QED) is 0.469. The molecule has 3 aromatic rings. The van der Waals surface area contributed by atoms with Crippen molar-refractivity contribution in [2.75, 3.05) is 12.4 Å². The Balaban J connectivity index is 1.43. The van der Waals surface area contributed by atoms with E-state index in [0.717, 1.165) is 28.6 Å². The van der Waals surface area contributed by atoms with Crippen molar-refractivity contribution in [1.29, 1.82) is 0 Å². The van der Waals surface area contributed by atoms with Gasteiger partial charge in [-0.25, -0.2) is 9.98 Å². The van der Waals surface area contributed by atoms with E-state index in [1.165, 1.54) is 5.56 Å². The molecule has 1 aliphatic carbocycles. The van der Waals surface area contributed by atoms with Crippen LogP contribution in [0.25, 0.3) is 10.9 Å². The fourth-order valence-corrected chi connectivity index (χ4v) is 3.99. The van der Waals surface area contributed by atoms with Crippen molar-refractivity contribution in [2.45, 2.75) is 18.6 Å². The molecule has 0 spiro atoms. The molecule has 8 heteroatoms. The summed E-state index contributed by atoms with van der Waals surface area (Å²) in [6.07, 6.45) is 2.26. The molecule has 1 fully saturated rings. The summed E-state index contributed by atoms with van der Waals surface area (Å²) < 4.78 is 7.32. The zero-order valence-corrected chi connectivity index (χ0v) is 16.3. The fourth-order valence-electron chi connectivity index (χ4n) is 3.99. The molecule has 148 valence electrons. The van der Waals surface area contributed by atoms with E-state index in [2.05, 4.69) is 38.6 Å². The number of nitrogens with one attached hydrogen (secondary N) is 1. The van der Waals surface area contributed by atoms with Crippen LogP contribution in [0, 0.1) is 5.92 Å². The molecule has 1 saturated carbocycles. The Kier molecular flexibility index (Phi) is 4.02. The van der Waals surface area contributed by atoms with Crippen molar-refractivity contribution >= 4 is 28.3 Å². The van der Waals surface area contributed by atoms with Crippen molar-refractivity contribution < 1.29 is 4.74 Å². The van der Waals surface area contributed by atoms with E-state index in [1.54, 1.807) is 7.11 Å². The number of amidine groups is 2. The summed E-state index contributed by atoms with van der Waals surface area (Å²) in [5.74, 6) is 2.38. The van der Waals surface area contributed by atoms with Gasteiger partial charge in [0.1, 0.15) is 11.6 Å². The van der Waals surface area contributed by atoms with Gasteiger partial charge in [-0.05, 0) is 36.1 Å². The summed E-state index contributed by atoms with van der Waals surface area (Å²) in [6, 6.07) is 12.2. The summed E-state index contributed by atoms with van der Waals surface area (Å²) in [5, 5.41) is 8.58. The van der Waals surface area contributed by atoms with Gasteiger partial charge in [-0.3, -0.25) is 10.4 Å². The van der Waals surface area contributed by atoms with Crippen LogP contribution in [0.1, 0.15) is 23.5 Å². The molecule has 2 aliphatic rings. The summed E-state index contributed by atoms with van der Waals surface area (Å²) in [5.41, 5.74) is 16.4. The third kappa shape index (κ3) is 3.01. The molecule has 0 amide bonds. The Morgan fingerprint density at radius 1 is 1.31 bits per heavy atom. The first-order valence-electron chi connectivity index (χ1n) is 9.58. The van der Waals surface area contributed by atoms with Crippen LogP contribution in [0.15, 0.2) is 52.6 Å². The molecule has 3 unspecified atom stereocenters. The van der Waals surface area contributed by atoms with Crippen LogP contribution in [0.4, 0.5) is 5.69 Å². The minimum absolute atomic E-state index is 0.198. The van der Waals surface area contributed by atoms with Gasteiger partial charge >= 0.3 is 0 Å². The zero-order chi connectivity index (χ0) is 20.1. The highest BCUT2D eigenvalue weighted by Gasteiger charge is 2.41. The van der Waals surface area contributed by atoms with Gasteiger partial charge in [0.2, 0.25) is 0 Å². The molecule has 5 N–H and O–H groups in total. The molecule has 5 rings (SSSR count). The fraction of sp³-hybridized carbons (Fsp3) is 0.286. The minimum Gasteiger partial charge on any atom is -0.495 e. The van der Waals surface area contributed by atoms with Gasteiger partial charge in [0, 0.05) is 23.9 Å². The van der Waals surface area contributed by atoms with E-state index in [-0.39, 0.29) is 5.92 Å². The molecule has 2 aromatic carbocycles. The Morgan fingerprint density at radius 2 is 2.17 bits per heavy atom. The summed E-state index contributed by atoms with van der Waals surface area (Å²) in [6.45, 7) is 0. The number of methoxy groups -OCH3 is 1. The molecule has 0 bridgehead atoms. The third-order valence-electron chi connectivity index (χ3n) is 5.65. The van der Waals surface area contributed by atoms with Gasteiger partial charge in [0.05, 0.1) is 24.5 Å². The van der Waals surface area contributed by atoms with E-state index < -0.39 is 6.29 Å². The lowest BCUT2D eigenvalue weighted by atomic mass is 10.1. The number of anilines is 1. The Morgan fingerprint density at radius 3 is 3.00 bits per heavy atom. The molecule has 0 radical (unpaired) electrons. The van der Waals surface area contributed by atoms with E-state index in [1.807, 2.05) is 36.1 Å². The van der Waals surface area contributed by atoms with E-state index in [0.29, 0.717) is 23.3 Å². The van der Waals surface area contributed by atoms with Gasteiger partial charge in [0.15, 0.2) is 12.1 Å². The predicted octanol–water partition coefficient (Wildman–Crippen LogP) is 2.16. The summed E-state index contributed by atoms with van der Waals surface area (Å²) in [4.78, 5) is 9.10. The number of benzene rings is 2. The number of ether oxygens (including phenoxy) is 1. The molecule has 0 saturated heterocycles. The lowest BCUT2D eigenvalue weighted by Gasteiger charge is -2.23. The predicted molar refractivity (Wildman–Crippen MR) is 114 cm³/mol. The van der Waals surface area contributed by atoms with Crippen molar-refractivity contribution in [3.05, 3.63) is 53.7 Å². The number of hydrogen-bond acceptors (Lipinski definition) is 6. The third-order valence-corrected chi connectivity index (χ3v) is 5.65. The SMILES string of the molecule is COc1cccc2c1NC(N)N=C2N=C(N)C1CC1c1ccc2cnn(C)c2c1. The number of hydrogen-bond donors (Lipinski definition) is 3. The molecule has 1 aliphatic heterocycles. The minimum atomic E-state index is -0.590. The molecular formula is C21H23N7O. The largest absolute Gasteiger partial charge is 0.495 e. The maximum atomic E-state index is 6.39. The molecule has 8 nitrogen and oxygen atoms in total. The molecule has 29 heavy (non-hydrogen) atoms. The molecule has 3 atom stereocenters. The van der Waals surface area contributed by atoms with Gasteiger partial charge in [-0.15, -0.1) is 0 Å². The smallest absolute Gasteiger partial charge is 0.173 e. The van der Waals surface area contributed by atoms with Gasteiger partial charge in [0.25, 0.3) is 0 Å². The first-order chi connectivity index (χ1) is 14.0. The second-order valence-electron chi connectivity index (χ2n) is 7.50. The number of aliphatic imine (C=N–C) groups is 2. The van der Waals surface area contributed by atoms with Crippen LogP contribution < -0.4 is 21.5 Å². The Bertz CT molecular complexity index is 1160. The number of nitrogens with zero attached hydrogens (tertiary/aromatic N) is 4. The molecular weight excluding hydrogens is 366 g/mol. The lowest BCUT2D eigenvalue weighted by Crippen LogP contribution is -2.33. The van der Waals surface area contributed by atoms with Gasteiger partial charge in [-0.1, -0.05) is 18.2 Å². The first-order valence-corrected chi connectivity index (χ1v) is 9.58. The van der Waals surface area contributed by atoms with Gasteiger partial charge < -0.3 is 15.8 Å². The monoisotopic (exact) mass is 389 g/mol. The number of para-hydroxylation sites is 1. The van der Waals surface area contributed by atoms with E-state index in [9.17, 15) is 0 Å². The highest BCUT2D eigenvalue weighted by Crippen LogP contribution is 2.48. The zero-order valence-electron chi connectivity index (χ0n) is 16.3. The van der Waals surface area contributed by atoms with E-state index >= 15 is 0 Å². The lowest BCUT2D eigenvalue weighted by molar-refractivity contribution is 0.415. The Hall–Kier alpha value is -3.39.